The highest BCUT2D eigenvalue weighted by Gasteiger charge is 2.28. The van der Waals surface area contributed by atoms with Crippen LogP contribution in [0.3, 0.4) is 0 Å². The van der Waals surface area contributed by atoms with Crippen LogP contribution < -0.4 is 4.90 Å². The molecular weight excluding hydrogens is 333 g/mol. The van der Waals surface area contributed by atoms with E-state index in [0.717, 1.165) is 5.56 Å². The summed E-state index contributed by atoms with van der Waals surface area (Å²) in [5, 5.41) is 9.51. The first kappa shape index (κ1) is 16.1. The zero-order chi connectivity index (χ0) is 18.1. The molecule has 0 atom stereocenters. The Kier molecular flexibility index (Phi) is 4.01. The number of hydrogen-bond donors (Lipinski definition) is 0. The minimum Gasteiger partial charge on any atom is -0.343 e. The number of nitrogens with zero attached hydrogens (tertiary/aromatic N) is 5. The van der Waals surface area contributed by atoms with Crippen molar-refractivity contribution in [2.24, 2.45) is 0 Å². The van der Waals surface area contributed by atoms with Crippen LogP contribution in [0, 0.1) is 17.1 Å². The van der Waals surface area contributed by atoms with E-state index in [-0.39, 0.29) is 18.3 Å². The summed E-state index contributed by atoms with van der Waals surface area (Å²) in [6, 6.07) is 14.0. The largest absolute Gasteiger partial charge is 0.343 e. The van der Waals surface area contributed by atoms with E-state index in [1.807, 2.05) is 23.1 Å². The maximum Gasteiger partial charge on any atom is 0.242 e. The zero-order valence-corrected chi connectivity index (χ0v) is 14.0. The van der Waals surface area contributed by atoms with Gasteiger partial charge in [-0.1, -0.05) is 18.2 Å². The fraction of sp³-hybridized carbons (Fsp3) is 0.211. The van der Waals surface area contributed by atoms with Gasteiger partial charge in [0.15, 0.2) is 11.5 Å². The van der Waals surface area contributed by atoms with Gasteiger partial charge in [-0.3, -0.25) is 9.20 Å². The Morgan fingerprint density at radius 3 is 2.85 bits per heavy atom. The maximum atomic E-state index is 13.3. The molecule has 1 aliphatic rings. The van der Waals surface area contributed by atoms with Gasteiger partial charge in [-0.15, -0.1) is 0 Å². The third-order valence-electron chi connectivity index (χ3n) is 4.50. The van der Waals surface area contributed by atoms with Gasteiger partial charge in [0.1, 0.15) is 17.5 Å². The molecule has 130 valence electrons. The van der Waals surface area contributed by atoms with E-state index < -0.39 is 0 Å². The molecule has 0 saturated carbocycles. The summed E-state index contributed by atoms with van der Waals surface area (Å²) in [6.45, 7) is 1.59. The van der Waals surface area contributed by atoms with Gasteiger partial charge in [0.25, 0.3) is 0 Å². The van der Waals surface area contributed by atoms with Crippen molar-refractivity contribution in [3.63, 3.8) is 0 Å². The highest BCUT2D eigenvalue weighted by molar-refractivity contribution is 5.83. The van der Waals surface area contributed by atoms with Crippen LogP contribution in [-0.2, 0) is 11.3 Å². The molecule has 7 heteroatoms. The maximum absolute atomic E-state index is 13.3. The van der Waals surface area contributed by atoms with Crippen LogP contribution in [0.4, 0.5) is 10.2 Å². The highest BCUT2D eigenvalue weighted by Crippen LogP contribution is 2.23. The van der Waals surface area contributed by atoms with Crippen molar-refractivity contribution in [2.75, 3.05) is 24.5 Å². The Labute approximate surface area is 149 Å². The quantitative estimate of drug-likeness (QED) is 0.727. The number of hydrogen-bond acceptors (Lipinski definition) is 4. The van der Waals surface area contributed by atoms with Gasteiger partial charge in [-0.25, -0.2) is 9.37 Å². The minimum atomic E-state index is -0.308. The first-order valence-corrected chi connectivity index (χ1v) is 8.30. The fourth-order valence-corrected chi connectivity index (χ4v) is 3.22. The first-order valence-electron chi connectivity index (χ1n) is 8.30. The van der Waals surface area contributed by atoms with Gasteiger partial charge in [-0.05, 0) is 29.8 Å². The van der Waals surface area contributed by atoms with Gasteiger partial charge in [0.05, 0.1) is 6.54 Å². The molecule has 4 rings (SSSR count). The zero-order valence-electron chi connectivity index (χ0n) is 14.0. The molecule has 1 saturated heterocycles. The highest BCUT2D eigenvalue weighted by atomic mass is 19.1. The monoisotopic (exact) mass is 349 g/mol. The van der Waals surface area contributed by atoms with E-state index in [2.05, 4.69) is 11.1 Å². The second kappa shape index (κ2) is 6.48. The molecule has 2 aromatic heterocycles. The molecule has 6 nitrogen and oxygen atoms in total. The number of halogens is 1. The fourth-order valence-electron chi connectivity index (χ4n) is 3.22. The minimum absolute atomic E-state index is 0.0681. The van der Waals surface area contributed by atoms with Crippen molar-refractivity contribution in [1.29, 1.82) is 5.26 Å². The summed E-state index contributed by atoms with van der Waals surface area (Å²) in [5.41, 5.74) is 1.86. The predicted octanol–water partition coefficient (Wildman–Crippen LogP) is 2.19. The Balaban J connectivity index is 1.54. The molecule has 3 aromatic rings. The number of fused-ring (bicyclic) bond motifs is 1. The van der Waals surface area contributed by atoms with Crippen LogP contribution in [-0.4, -0.2) is 39.8 Å². The third kappa shape index (κ3) is 2.86. The summed E-state index contributed by atoms with van der Waals surface area (Å²) in [6.07, 6.45) is 1.78. The molecular formula is C19H16FN5O. The number of pyridine rings is 1. The SMILES string of the molecule is N#Cc1c(N2CCN(Cc3cccc(F)c3)C(=O)C2)nc2ccccn12. The molecule has 0 aliphatic carbocycles. The van der Waals surface area contributed by atoms with Crippen LogP contribution in [0.25, 0.3) is 5.65 Å². The van der Waals surface area contributed by atoms with E-state index in [4.69, 9.17) is 0 Å². The first-order chi connectivity index (χ1) is 12.7. The number of nitriles is 1. The summed E-state index contributed by atoms with van der Waals surface area (Å²) in [4.78, 5) is 20.6. The number of carbonyl (C=O) groups excluding carboxylic acids is 1. The van der Waals surface area contributed by atoms with Crippen LogP contribution >= 0.6 is 0 Å². The predicted molar refractivity (Wildman–Crippen MR) is 93.9 cm³/mol. The van der Waals surface area contributed by atoms with E-state index in [1.54, 1.807) is 27.6 Å². The molecule has 0 bridgehead atoms. The summed E-state index contributed by atoms with van der Waals surface area (Å²) < 4.78 is 15.1. The molecule has 3 heterocycles. The van der Waals surface area contributed by atoms with Crippen LogP contribution in [0.1, 0.15) is 11.3 Å². The van der Waals surface area contributed by atoms with Crippen molar-refractivity contribution in [2.45, 2.75) is 6.54 Å². The van der Waals surface area contributed by atoms with E-state index in [0.29, 0.717) is 36.8 Å². The molecule has 0 spiro atoms. The molecule has 1 aromatic carbocycles. The standard InChI is InChI=1S/C19H16FN5O/c20-15-5-3-4-14(10-15)12-23-8-9-24(13-18(23)26)19-16(11-21)25-7-2-1-6-17(25)22-19/h1-7,10H,8-9,12-13H2. The third-order valence-corrected chi connectivity index (χ3v) is 4.50. The van der Waals surface area contributed by atoms with Gasteiger partial charge >= 0.3 is 0 Å². The Morgan fingerprint density at radius 2 is 2.08 bits per heavy atom. The van der Waals surface area contributed by atoms with Crippen molar-refractivity contribution in [1.82, 2.24) is 14.3 Å². The van der Waals surface area contributed by atoms with Crippen LogP contribution in [0.15, 0.2) is 48.7 Å². The second-order valence-electron chi connectivity index (χ2n) is 6.19. The van der Waals surface area contributed by atoms with Crippen LogP contribution in [0.2, 0.25) is 0 Å². The number of anilines is 1. The summed E-state index contributed by atoms with van der Waals surface area (Å²) >= 11 is 0. The van der Waals surface area contributed by atoms with Crippen LogP contribution in [0.5, 0.6) is 0 Å². The molecule has 1 aliphatic heterocycles. The number of piperazine rings is 1. The van der Waals surface area contributed by atoms with Gasteiger partial charge in [0, 0.05) is 25.8 Å². The Bertz CT molecular complexity index is 1020. The Morgan fingerprint density at radius 1 is 1.19 bits per heavy atom. The lowest BCUT2D eigenvalue weighted by Gasteiger charge is -2.34. The molecule has 0 unspecified atom stereocenters. The Hall–Kier alpha value is -3.40. The van der Waals surface area contributed by atoms with Crippen molar-refractivity contribution < 1.29 is 9.18 Å². The molecule has 1 amide bonds. The summed E-state index contributed by atoms with van der Waals surface area (Å²) in [7, 11) is 0. The molecule has 0 radical (unpaired) electrons. The molecule has 1 fully saturated rings. The van der Waals surface area contributed by atoms with E-state index in [1.165, 1.54) is 12.1 Å². The molecule has 26 heavy (non-hydrogen) atoms. The van der Waals surface area contributed by atoms with Gasteiger partial charge in [-0.2, -0.15) is 5.26 Å². The second-order valence-corrected chi connectivity index (χ2v) is 6.19. The average Bonchev–Trinajstić information content (AvgIpc) is 3.02. The number of aromatic nitrogens is 2. The topological polar surface area (TPSA) is 64.6 Å². The normalized spacial score (nSPS) is 14.7. The van der Waals surface area contributed by atoms with Crippen molar-refractivity contribution in [3.8, 4) is 6.07 Å². The number of rotatable bonds is 3. The van der Waals surface area contributed by atoms with E-state index >= 15 is 0 Å². The lowest BCUT2D eigenvalue weighted by Crippen LogP contribution is -2.50. The molecule has 0 N–H and O–H groups in total. The van der Waals surface area contributed by atoms with Gasteiger partial charge in [0.2, 0.25) is 5.91 Å². The summed E-state index contributed by atoms with van der Waals surface area (Å²) in [5.74, 6) is 0.149. The van der Waals surface area contributed by atoms with Crippen molar-refractivity contribution in [3.05, 3.63) is 65.7 Å². The van der Waals surface area contributed by atoms with Crippen molar-refractivity contribution >= 4 is 17.4 Å². The number of imidazole rings is 1. The average molecular weight is 349 g/mol. The van der Waals surface area contributed by atoms with Gasteiger partial charge < -0.3 is 9.80 Å². The number of carbonyl (C=O) groups is 1. The van der Waals surface area contributed by atoms with E-state index in [9.17, 15) is 14.4 Å². The lowest BCUT2D eigenvalue weighted by molar-refractivity contribution is -0.131. The lowest BCUT2D eigenvalue weighted by atomic mass is 10.2. The number of benzene rings is 1. The smallest absolute Gasteiger partial charge is 0.242 e. The number of amides is 1.